The number of nitrogens with two attached hydrogens (primary N) is 1. The highest BCUT2D eigenvalue weighted by Crippen LogP contribution is 2.22. The molecule has 1 rings (SSSR count). The van der Waals surface area contributed by atoms with Gasteiger partial charge in [-0.3, -0.25) is 9.78 Å². The van der Waals surface area contributed by atoms with Crippen molar-refractivity contribution < 1.29 is 4.79 Å². The van der Waals surface area contributed by atoms with Crippen LogP contribution < -0.4 is 5.73 Å². The Morgan fingerprint density at radius 3 is 2.71 bits per heavy atom. The van der Waals surface area contributed by atoms with Crippen molar-refractivity contribution in [1.82, 2.24) is 4.98 Å². The summed E-state index contributed by atoms with van der Waals surface area (Å²) in [5.74, 6) is -0.0249. The quantitative estimate of drug-likeness (QED) is 0.789. The first-order valence-electron chi connectivity index (χ1n) is 4.80. The topological polar surface area (TPSA) is 56.0 Å². The van der Waals surface area contributed by atoms with Gasteiger partial charge in [0.2, 0.25) is 5.91 Å². The normalized spacial score (nSPS) is 12.8. The Balaban J connectivity index is 2.84. The van der Waals surface area contributed by atoms with Gasteiger partial charge in [0, 0.05) is 12.4 Å². The van der Waals surface area contributed by atoms with Gasteiger partial charge in [0.25, 0.3) is 0 Å². The van der Waals surface area contributed by atoms with E-state index in [-0.39, 0.29) is 11.8 Å². The molecule has 3 nitrogen and oxygen atoms in total. The predicted octanol–water partition coefficient (Wildman–Crippen LogP) is 1.70. The molecule has 0 aliphatic heterocycles. The van der Waals surface area contributed by atoms with Crippen molar-refractivity contribution in [3.8, 4) is 0 Å². The minimum absolute atomic E-state index is 0.205. The fraction of sp³-hybridized carbons (Fsp3) is 0.455. The first kappa shape index (κ1) is 10.7. The van der Waals surface area contributed by atoms with Crippen molar-refractivity contribution in [2.45, 2.75) is 26.2 Å². The second-order valence-electron chi connectivity index (χ2n) is 3.87. The molecule has 0 fully saturated rings. The third-order valence-electron chi connectivity index (χ3n) is 2.14. The largest absolute Gasteiger partial charge is 0.369 e. The molecule has 3 heteroatoms. The van der Waals surface area contributed by atoms with Crippen LogP contribution >= 0.6 is 0 Å². The maximum Gasteiger partial charge on any atom is 0.225 e. The van der Waals surface area contributed by atoms with E-state index in [2.05, 4.69) is 18.8 Å². The summed E-state index contributed by atoms with van der Waals surface area (Å²) in [6.45, 7) is 4.15. The average molecular weight is 192 g/mol. The number of pyridine rings is 1. The molecule has 1 heterocycles. The zero-order chi connectivity index (χ0) is 10.6. The summed E-state index contributed by atoms with van der Waals surface area (Å²) in [6.07, 6.45) is 4.18. The van der Waals surface area contributed by atoms with Gasteiger partial charge in [0.1, 0.15) is 0 Å². The number of nitrogens with zero attached hydrogens (tertiary/aromatic N) is 1. The summed E-state index contributed by atoms with van der Waals surface area (Å²) in [7, 11) is 0. The molecule has 1 unspecified atom stereocenters. The van der Waals surface area contributed by atoms with Crippen molar-refractivity contribution in [3.05, 3.63) is 30.1 Å². The Hall–Kier alpha value is -1.38. The Morgan fingerprint density at radius 1 is 1.57 bits per heavy atom. The first-order valence-corrected chi connectivity index (χ1v) is 4.80. The summed E-state index contributed by atoms with van der Waals surface area (Å²) in [5, 5.41) is 0. The van der Waals surface area contributed by atoms with Gasteiger partial charge in [0.05, 0.1) is 5.92 Å². The first-order chi connectivity index (χ1) is 6.61. The van der Waals surface area contributed by atoms with Crippen molar-refractivity contribution in [3.63, 3.8) is 0 Å². The van der Waals surface area contributed by atoms with E-state index in [1.165, 1.54) is 0 Å². The molecule has 0 radical (unpaired) electrons. The van der Waals surface area contributed by atoms with E-state index in [0.717, 1.165) is 12.0 Å². The van der Waals surface area contributed by atoms with Crippen LogP contribution in [-0.4, -0.2) is 10.9 Å². The minimum Gasteiger partial charge on any atom is -0.369 e. The number of aromatic nitrogens is 1. The van der Waals surface area contributed by atoms with E-state index in [1.54, 1.807) is 12.4 Å². The zero-order valence-corrected chi connectivity index (χ0v) is 8.60. The van der Waals surface area contributed by atoms with E-state index >= 15 is 0 Å². The number of primary amides is 1. The van der Waals surface area contributed by atoms with Gasteiger partial charge in [0.15, 0.2) is 0 Å². The third-order valence-corrected chi connectivity index (χ3v) is 2.14. The van der Waals surface area contributed by atoms with Crippen LogP contribution in [0.1, 0.15) is 31.7 Å². The molecular weight excluding hydrogens is 176 g/mol. The number of carbonyl (C=O) groups is 1. The molecule has 1 amide bonds. The highest BCUT2D eigenvalue weighted by Gasteiger charge is 2.18. The van der Waals surface area contributed by atoms with Gasteiger partial charge in [-0.15, -0.1) is 0 Å². The number of hydrogen-bond acceptors (Lipinski definition) is 2. The maximum atomic E-state index is 11.2. The van der Waals surface area contributed by atoms with Gasteiger partial charge in [-0.1, -0.05) is 19.9 Å². The predicted molar refractivity (Wildman–Crippen MR) is 55.6 cm³/mol. The van der Waals surface area contributed by atoms with Crippen molar-refractivity contribution in [2.24, 2.45) is 11.7 Å². The molecule has 0 saturated carbocycles. The molecule has 14 heavy (non-hydrogen) atoms. The molecule has 1 aromatic heterocycles. The van der Waals surface area contributed by atoms with Gasteiger partial charge < -0.3 is 5.73 Å². The van der Waals surface area contributed by atoms with Crippen LogP contribution in [0.5, 0.6) is 0 Å². The molecule has 0 saturated heterocycles. The van der Waals surface area contributed by atoms with Crippen molar-refractivity contribution in [1.29, 1.82) is 0 Å². The van der Waals surface area contributed by atoms with Gasteiger partial charge in [-0.25, -0.2) is 0 Å². The molecule has 0 aromatic carbocycles. The molecule has 0 spiro atoms. The van der Waals surface area contributed by atoms with Crippen LogP contribution in [0.15, 0.2) is 24.5 Å². The summed E-state index contributed by atoms with van der Waals surface area (Å²) in [6, 6.07) is 3.72. The Bertz CT molecular complexity index is 295. The molecule has 1 atom stereocenters. The van der Waals surface area contributed by atoms with Gasteiger partial charge in [-0.05, 0) is 24.0 Å². The van der Waals surface area contributed by atoms with Crippen LogP contribution in [0.25, 0.3) is 0 Å². The Labute approximate surface area is 84.3 Å². The lowest BCUT2D eigenvalue weighted by Crippen LogP contribution is -2.22. The third kappa shape index (κ3) is 2.83. The van der Waals surface area contributed by atoms with Crippen molar-refractivity contribution >= 4 is 5.91 Å². The van der Waals surface area contributed by atoms with Gasteiger partial charge >= 0.3 is 0 Å². The number of carbonyl (C=O) groups excluding carboxylic acids is 1. The maximum absolute atomic E-state index is 11.2. The van der Waals surface area contributed by atoms with Crippen LogP contribution in [0, 0.1) is 5.92 Å². The SMILES string of the molecule is CC(C)CC(C(N)=O)c1cccnc1. The molecule has 0 aliphatic carbocycles. The minimum atomic E-state index is -0.272. The Morgan fingerprint density at radius 2 is 2.29 bits per heavy atom. The monoisotopic (exact) mass is 192 g/mol. The summed E-state index contributed by atoms with van der Waals surface area (Å²) in [5.41, 5.74) is 6.26. The molecular formula is C11H16N2O. The summed E-state index contributed by atoms with van der Waals surface area (Å²) < 4.78 is 0. The van der Waals surface area contributed by atoms with Gasteiger partial charge in [-0.2, -0.15) is 0 Å². The highest BCUT2D eigenvalue weighted by molar-refractivity contribution is 5.81. The fourth-order valence-corrected chi connectivity index (χ4v) is 1.47. The van der Waals surface area contributed by atoms with E-state index in [0.29, 0.717) is 5.92 Å². The second-order valence-corrected chi connectivity index (χ2v) is 3.87. The van der Waals surface area contributed by atoms with Crippen LogP contribution in [0.3, 0.4) is 0 Å². The smallest absolute Gasteiger partial charge is 0.225 e. The van der Waals surface area contributed by atoms with Crippen LogP contribution in [0.2, 0.25) is 0 Å². The molecule has 76 valence electrons. The Kier molecular flexibility index (Phi) is 3.63. The van der Waals surface area contributed by atoms with Crippen LogP contribution in [-0.2, 0) is 4.79 Å². The fourth-order valence-electron chi connectivity index (χ4n) is 1.47. The van der Waals surface area contributed by atoms with E-state index in [9.17, 15) is 4.79 Å². The van der Waals surface area contributed by atoms with Crippen molar-refractivity contribution in [2.75, 3.05) is 0 Å². The van der Waals surface area contributed by atoms with Crippen LogP contribution in [0.4, 0.5) is 0 Å². The highest BCUT2D eigenvalue weighted by atomic mass is 16.1. The summed E-state index contributed by atoms with van der Waals surface area (Å²) >= 11 is 0. The average Bonchev–Trinajstić information content (AvgIpc) is 2.15. The molecule has 1 aromatic rings. The lowest BCUT2D eigenvalue weighted by atomic mass is 9.91. The lowest BCUT2D eigenvalue weighted by Gasteiger charge is -2.15. The number of amides is 1. The lowest BCUT2D eigenvalue weighted by molar-refractivity contribution is -0.119. The molecule has 0 bridgehead atoms. The van der Waals surface area contributed by atoms with E-state index in [1.807, 2.05) is 12.1 Å². The molecule has 2 N–H and O–H groups in total. The number of rotatable bonds is 4. The second kappa shape index (κ2) is 4.74. The molecule has 0 aliphatic rings. The zero-order valence-electron chi connectivity index (χ0n) is 8.60. The van der Waals surface area contributed by atoms with E-state index < -0.39 is 0 Å². The summed E-state index contributed by atoms with van der Waals surface area (Å²) in [4.78, 5) is 15.2. The standard InChI is InChI=1S/C11H16N2O/c1-8(2)6-10(11(12)14)9-4-3-5-13-7-9/h3-5,7-8,10H,6H2,1-2H3,(H2,12,14). The van der Waals surface area contributed by atoms with E-state index in [4.69, 9.17) is 5.73 Å². The number of hydrogen-bond donors (Lipinski definition) is 1.